The van der Waals surface area contributed by atoms with Crippen molar-refractivity contribution in [3.8, 4) is 0 Å². The Kier molecular flexibility index (Phi) is 9.19. The summed E-state index contributed by atoms with van der Waals surface area (Å²) in [5.74, 6) is 2.42. The minimum atomic E-state index is 0.0856. The molecule has 4 heteroatoms. The van der Waals surface area contributed by atoms with Gasteiger partial charge in [0.15, 0.2) is 0 Å². The molecule has 0 aromatic heterocycles. The molecule has 0 aliphatic heterocycles. The number of amides is 1. The summed E-state index contributed by atoms with van der Waals surface area (Å²) < 4.78 is 0. The summed E-state index contributed by atoms with van der Waals surface area (Å²) in [7, 11) is 0. The normalized spacial score (nSPS) is 12.5. The van der Waals surface area contributed by atoms with E-state index in [1.54, 1.807) is 0 Å². The third kappa shape index (κ3) is 8.38. The van der Waals surface area contributed by atoms with Crippen LogP contribution in [0.3, 0.4) is 0 Å². The van der Waals surface area contributed by atoms with Crippen molar-refractivity contribution in [2.75, 3.05) is 24.6 Å². The monoisotopic (exact) mass is 218 g/mol. The van der Waals surface area contributed by atoms with Crippen molar-refractivity contribution >= 4 is 17.7 Å². The number of hydrogen-bond donors (Lipinski definition) is 2. The lowest BCUT2D eigenvalue weighted by molar-refractivity contribution is -0.120. The number of likely N-dealkylation sites (N-methyl/N-ethyl adjacent to an activating group) is 1. The average molecular weight is 218 g/mol. The molecule has 0 saturated heterocycles. The molecule has 0 rings (SSSR count). The van der Waals surface area contributed by atoms with Gasteiger partial charge in [-0.15, -0.1) is 0 Å². The SMILES string of the molecule is CCNC(=O)CNC(C)CCSCC. The maximum Gasteiger partial charge on any atom is 0.233 e. The topological polar surface area (TPSA) is 41.1 Å². The van der Waals surface area contributed by atoms with Gasteiger partial charge in [0.2, 0.25) is 5.91 Å². The van der Waals surface area contributed by atoms with Crippen LogP contribution in [0.25, 0.3) is 0 Å². The highest BCUT2D eigenvalue weighted by atomic mass is 32.2. The summed E-state index contributed by atoms with van der Waals surface area (Å²) in [6.45, 7) is 7.36. The van der Waals surface area contributed by atoms with Gasteiger partial charge in [-0.05, 0) is 31.8 Å². The molecular formula is C10H22N2OS. The highest BCUT2D eigenvalue weighted by Gasteiger charge is 2.03. The molecule has 0 spiro atoms. The van der Waals surface area contributed by atoms with Crippen molar-refractivity contribution in [1.82, 2.24) is 10.6 Å². The molecule has 1 amide bonds. The lowest BCUT2D eigenvalue weighted by atomic mass is 10.2. The predicted molar refractivity (Wildman–Crippen MR) is 63.8 cm³/mol. The lowest BCUT2D eigenvalue weighted by Gasteiger charge is -2.12. The molecule has 1 atom stereocenters. The molecule has 1 unspecified atom stereocenters. The molecule has 0 aliphatic rings. The van der Waals surface area contributed by atoms with E-state index in [0.29, 0.717) is 19.1 Å². The van der Waals surface area contributed by atoms with Crippen molar-refractivity contribution in [2.24, 2.45) is 0 Å². The van der Waals surface area contributed by atoms with Crippen LogP contribution < -0.4 is 10.6 Å². The molecular weight excluding hydrogens is 196 g/mol. The molecule has 84 valence electrons. The van der Waals surface area contributed by atoms with Crippen LogP contribution in [0, 0.1) is 0 Å². The molecule has 0 aromatic carbocycles. The zero-order chi connectivity index (χ0) is 10.8. The number of carbonyl (C=O) groups excluding carboxylic acids is 1. The van der Waals surface area contributed by atoms with Gasteiger partial charge in [0.05, 0.1) is 6.54 Å². The van der Waals surface area contributed by atoms with Crippen LogP contribution in [0.5, 0.6) is 0 Å². The van der Waals surface area contributed by atoms with Gasteiger partial charge in [-0.1, -0.05) is 6.92 Å². The van der Waals surface area contributed by atoms with Crippen molar-refractivity contribution < 1.29 is 4.79 Å². The Labute approximate surface area is 91.4 Å². The second-order valence-corrected chi connectivity index (χ2v) is 4.61. The average Bonchev–Trinajstić information content (AvgIpc) is 2.16. The number of rotatable bonds is 8. The standard InChI is InChI=1S/C10H22N2OS/c1-4-11-10(13)8-12-9(3)6-7-14-5-2/h9,12H,4-8H2,1-3H3,(H,11,13). The second-order valence-electron chi connectivity index (χ2n) is 3.22. The molecule has 0 aromatic rings. The molecule has 3 nitrogen and oxygen atoms in total. The molecule has 0 heterocycles. The Balaban J connectivity index is 3.33. The van der Waals surface area contributed by atoms with Crippen LogP contribution in [0.1, 0.15) is 27.2 Å². The van der Waals surface area contributed by atoms with E-state index in [2.05, 4.69) is 24.5 Å². The minimum Gasteiger partial charge on any atom is -0.355 e. The van der Waals surface area contributed by atoms with E-state index in [0.717, 1.165) is 6.42 Å². The van der Waals surface area contributed by atoms with E-state index < -0.39 is 0 Å². The first-order chi connectivity index (χ1) is 6.70. The molecule has 0 radical (unpaired) electrons. The zero-order valence-corrected chi connectivity index (χ0v) is 10.2. The van der Waals surface area contributed by atoms with E-state index in [1.165, 1.54) is 11.5 Å². The van der Waals surface area contributed by atoms with Crippen molar-refractivity contribution in [3.63, 3.8) is 0 Å². The minimum absolute atomic E-state index is 0.0856. The summed E-state index contributed by atoms with van der Waals surface area (Å²) in [5.41, 5.74) is 0. The fourth-order valence-corrected chi connectivity index (χ4v) is 1.84. The molecule has 14 heavy (non-hydrogen) atoms. The van der Waals surface area contributed by atoms with Gasteiger partial charge in [-0.2, -0.15) is 11.8 Å². The summed E-state index contributed by atoms with van der Waals surface area (Å²) in [6.07, 6.45) is 1.12. The van der Waals surface area contributed by atoms with Crippen LogP contribution in [-0.4, -0.2) is 36.5 Å². The van der Waals surface area contributed by atoms with Gasteiger partial charge < -0.3 is 10.6 Å². The van der Waals surface area contributed by atoms with Crippen molar-refractivity contribution in [1.29, 1.82) is 0 Å². The highest BCUT2D eigenvalue weighted by Crippen LogP contribution is 2.03. The van der Waals surface area contributed by atoms with Crippen molar-refractivity contribution in [3.05, 3.63) is 0 Å². The predicted octanol–water partition coefficient (Wildman–Crippen LogP) is 1.24. The largest absolute Gasteiger partial charge is 0.355 e. The molecule has 0 aliphatic carbocycles. The van der Waals surface area contributed by atoms with Crippen molar-refractivity contribution in [2.45, 2.75) is 33.2 Å². The molecule has 2 N–H and O–H groups in total. The third-order valence-electron chi connectivity index (χ3n) is 1.88. The van der Waals surface area contributed by atoms with E-state index in [9.17, 15) is 4.79 Å². The fourth-order valence-electron chi connectivity index (χ4n) is 1.03. The van der Waals surface area contributed by atoms with E-state index >= 15 is 0 Å². The van der Waals surface area contributed by atoms with Gasteiger partial charge in [0, 0.05) is 12.6 Å². The number of nitrogens with one attached hydrogen (secondary N) is 2. The van der Waals surface area contributed by atoms with Gasteiger partial charge in [0.25, 0.3) is 0 Å². The number of thioether (sulfide) groups is 1. The quantitative estimate of drug-likeness (QED) is 0.602. The van der Waals surface area contributed by atoms with Crippen LogP contribution in [0.2, 0.25) is 0 Å². The van der Waals surface area contributed by atoms with E-state index in [-0.39, 0.29) is 5.91 Å². The summed E-state index contributed by atoms with van der Waals surface area (Å²) in [6, 6.07) is 0.427. The van der Waals surface area contributed by atoms with E-state index in [4.69, 9.17) is 0 Å². The first-order valence-corrected chi connectivity index (χ1v) is 6.44. The Morgan fingerprint density at radius 3 is 2.71 bits per heavy atom. The fraction of sp³-hybridized carbons (Fsp3) is 0.900. The van der Waals surface area contributed by atoms with Gasteiger partial charge in [-0.3, -0.25) is 4.79 Å². The number of hydrogen-bond acceptors (Lipinski definition) is 3. The van der Waals surface area contributed by atoms with Crippen LogP contribution >= 0.6 is 11.8 Å². The first-order valence-electron chi connectivity index (χ1n) is 5.28. The smallest absolute Gasteiger partial charge is 0.233 e. The first kappa shape index (κ1) is 13.8. The Bertz CT molecular complexity index is 153. The molecule has 0 saturated carbocycles. The van der Waals surface area contributed by atoms with Gasteiger partial charge >= 0.3 is 0 Å². The maximum atomic E-state index is 11.1. The lowest BCUT2D eigenvalue weighted by Crippen LogP contribution is -2.38. The molecule has 0 fully saturated rings. The maximum absolute atomic E-state index is 11.1. The number of carbonyl (C=O) groups is 1. The zero-order valence-electron chi connectivity index (χ0n) is 9.43. The van der Waals surface area contributed by atoms with Gasteiger partial charge in [-0.25, -0.2) is 0 Å². The van der Waals surface area contributed by atoms with Crippen LogP contribution in [-0.2, 0) is 4.79 Å². The van der Waals surface area contributed by atoms with E-state index in [1.807, 2.05) is 18.7 Å². The van der Waals surface area contributed by atoms with Crippen LogP contribution in [0.4, 0.5) is 0 Å². The Morgan fingerprint density at radius 1 is 1.43 bits per heavy atom. The third-order valence-corrected chi connectivity index (χ3v) is 2.82. The Morgan fingerprint density at radius 2 is 2.14 bits per heavy atom. The molecule has 0 bridgehead atoms. The van der Waals surface area contributed by atoms with Crippen LogP contribution in [0.15, 0.2) is 0 Å². The summed E-state index contributed by atoms with van der Waals surface area (Å²) in [5, 5.41) is 5.96. The highest BCUT2D eigenvalue weighted by molar-refractivity contribution is 7.99. The summed E-state index contributed by atoms with van der Waals surface area (Å²) in [4.78, 5) is 11.1. The van der Waals surface area contributed by atoms with Gasteiger partial charge in [0.1, 0.15) is 0 Å². The summed E-state index contributed by atoms with van der Waals surface area (Å²) >= 11 is 1.94. The Hall–Kier alpha value is -0.220. The second kappa shape index (κ2) is 9.34.